The molecule has 0 aromatic heterocycles. The molecule has 0 saturated carbocycles. The largest absolute Gasteiger partial charge is 0.448 e. The highest BCUT2D eigenvalue weighted by Gasteiger charge is 2.29. The molecule has 4 nitrogen and oxygen atoms in total. The Kier molecular flexibility index (Phi) is 6.56. The highest BCUT2D eigenvalue weighted by molar-refractivity contribution is 5.87. The maximum Gasteiger partial charge on any atom is 0.409 e. The van der Waals surface area contributed by atoms with Gasteiger partial charge in [0, 0.05) is 18.9 Å². The number of allylic oxidation sites excluding steroid dienone is 4. The summed E-state index contributed by atoms with van der Waals surface area (Å²) in [6.07, 6.45) is 5.39. The quantitative estimate of drug-likeness (QED) is 0.720. The SMILES string of the molecule is C=CC1=C(/C=C\C)C(COC(=O)N(C)CC(=O)C(C)C)c2ccccc21. The van der Waals surface area contributed by atoms with E-state index in [9.17, 15) is 9.59 Å². The molecular weight excluding hydrogens is 326 g/mol. The van der Waals surface area contributed by atoms with Gasteiger partial charge in [0.2, 0.25) is 0 Å². The van der Waals surface area contributed by atoms with E-state index in [1.54, 1.807) is 7.05 Å². The molecule has 4 heteroatoms. The van der Waals surface area contributed by atoms with Gasteiger partial charge in [-0.3, -0.25) is 4.79 Å². The number of amides is 1. The van der Waals surface area contributed by atoms with Gasteiger partial charge < -0.3 is 9.64 Å². The van der Waals surface area contributed by atoms with Crippen LogP contribution in [0.1, 0.15) is 37.8 Å². The first-order chi connectivity index (χ1) is 12.4. The number of ether oxygens (including phenoxy) is 1. The first-order valence-corrected chi connectivity index (χ1v) is 8.89. The van der Waals surface area contributed by atoms with Crippen molar-refractivity contribution in [1.29, 1.82) is 0 Å². The molecule has 0 heterocycles. The van der Waals surface area contributed by atoms with Crippen molar-refractivity contribution in [3.05, 3.63) is 65.8 Å². The Morgan fingerprint density at radius 3 is 2.62 bits per heavy atom. The van der Waals surface area contributed by atoms with E-state index in [4.69, 9.17) is 4.74 Å². The summed E-state index contributed by atoms with van der Waals surface area (Å²) in [5.41, 5.74) is 4.42. The molecule has 1 atom stereocenters. The van der Waals surface area contributed by atoms with Crippen LogP contribution in [-0.2, 0) is 9.53 Å². The third kappa shape index (κ3) is 4.13. The number of benzene rings is 1. The average molecular weight is 353 g/mol. The van der Waals surface area contributed by atoms with Crippen molar-refractivity contribution >= 4 is 17.4 Å². The van der Waals surface area contributed by atoms with E-state index in [-0.39, 0.29) is 30.8 Å². The van der Waals surface area contributed by atoms with E-state index in [2.05, 4.69) is 18.7 Å². The van der Waals surface area contributed by atoms with Crippen LogP contribution in [0.4, 0.5) is 4.79 Å². The molecule has 26 heavy (non-hydrogen) atoms. The van der Waals surface area contributed by atoms with Gasteiger partial charge in [-0.15, -0.1) is 0 Å². The summed E-state index contributed by atoms with van der Waals surface area (Å²) in [4.78, 5) is 25.4. The van der Waals surface area contributed by atoms with Gasteiger partial charge in [0.25, 0.3) is 0 Å². The monoisotopic (exact) mass is 353 g/mol. The Balaban J connectivity index is 2.15. The van der Waals surface area contributed by atoms with Crippen molar-refractivity contribution in [1.82, 2.24) is 4.90 Å². The number of ketones is 1. The summed E-state index contributed by atoms with van der Waals surface area (Å²) < 4.78 is 5.53. The highest BCUT2D eigenvalue weighted by Crippen LogP contribution is 2.43. The number of hydrogen-bond acceptors (Lipinski definition) is 3. The Hall–Kier alpha value is -2.62. The maximum absolute atomic E-state index is 12.3. The van der Waals surface area contributed by atoms with Gasteiger partial charge in [-0.2, -0.15) is 0 Å². The molecule has 1 aromatic carbocycles. The third-order valence-electron chi connectivity index (χ3n) is 4.59. The fraction of sp³-hybridized carbons (Fsp3) is 0.364. The van der Waals surface area contributed by atoms with E-state index < -0.39 is 6.09 Å². The molecule has 1 aliphatic rings. The molecule has 0 radical (unpaired) electrons. The number of fused-ring (bicyclic) bond motifs is 1. The van der Waals surface area contributed by atoms with Crippen LogP contribution in [0.15, 0.2) is 54.6 Å². The van der Waals surface area contributed by atoms with Gasteiger partial charge in [0.05, 0.1) is 6.54 Å². The van der Waals surface area contributed by atoms with Gasteiger partial charge >= 0.3 is 6.09 Å². The smallest absolute Gasteiger partial charge is 0.409 e. The second-order valence-electron chi connectivity index (χ2n) is 6.77. The highest BCUT2D eigenvalue weighted by atomic mass is 16.6. The second-order valence-corrected chi connectivity index (χ2v) is 6.77. The lowest BCUT2D eigenvalue weighted by atomic mass is 9.96. The summed E-state index contributed by atoms with van der Waals surface area (Å²) in [5.74, 6) is -0.126. The summed E-state index contributed by atoms with van der Waals surface area (Å²) >= 11 is 0. The van der Waals surface area contributed by atoms with Crippen molar-refractivity contribution in [2.75, 3.05) is 20.2 Å². The lowest BCUT2D eigenvalue weighted by Gasteiger charge is -2.20. The van der Waals surface area contributed by atoms with Crippen LogP contribution in [0, 0.1) is 5.92 Å². The lowest BCUT2D eigenvalue weighted by molar-refractivity contribution is -0.122. The zero-order chi connectivity index (χ0) is 19.3. The molecule has 0 N–H and O–H groups in total. The fourth-order valence-electron chi connectivity index (χ4n) is 3.10. The zero-order valence-corrected chi connectivity index (χ0v) is 16.0. The summed E-state index contributed by atoms with van der Waals surface area (Å²) in [6.45, 7) is 9.83. The molecule has 1 amide bonds. The normalized spacial score (nSPS) is 16.1. The number of carbonyl (C=O) groups excluding carboxylic acids is 2. The van der Waals surface area contributed by atoms with Crippen LogP contribution in [0.5, 0.6) is 0 Å². The minimum atomic E-state index is -0.483. The van der Waals surface area contributed by atoms with Crippen LogP contribution in [-0.4, -0.2) is 37.0 Å². The Morgan fingerprint density at radius 2 is 2.00 bits per heavy atom. The van der Waals surface area contributed by atoms with Gasteiger partial charge in [0.15, 0.2) is 5.78 Å². The van der Waals surface area contributed by atoms with Crippen LogP contribution in [0.3, 0.4) is 0 Å². The third-order valence-corrected chi connectivity index (χ3v) is 4.59. The van der Waals surface area contributed by atoms with Crippen LogP contribution < -0.4 is 0 Å². The number of hydrogen-bond donors (Lipinski definition) is 0. The van der Waals surface area contributed by atoms with Crippen molar-refractivity contribution in [2.45, 2.75) is 26.7 Å². The first-order valence-electron chi connectivity index (χ1n) is 8.89. The number of nitrogens with zero attached hydrogens (tertiary/aromatic N) is 1. The average Bonchev–Trinajstić information content (AvgIpc) is 2.92. The molecule has 2 rings (SSSR count). The molecule has 0 bridgehead atoms. The molecule has 0 spiro atoms. The van der Waals surface area contributed by atoms with Crippen molar-refractivity contribution < 1.29 is 14.3 Å². The topological polar surface area (TPSA) is 46.6 Å². The number of likely N-dealkylation sites (N-methyl/N-ethyl adjacent to an activating group) is 1. The maximum atomic E-state index is 12.3. The first kappa shape index (κ1) is 19.7. The van der Waals surface area contributed by atoms with E-state index >= 15 is 0 Å². The number of carbonyl (C=O) groups is 2. The lowest BCUT2D eigenvalue weighted by Crippen LogP contribution is -2.34. The van der Waals surface area contributed by atoms with Gasteiger partial charge in [0.1, 0.15) is 6.61 Å². The van der Waals surface area contributed by atoms with Crippen molar-refractivity contribution in [2.24, 2.45) is 5.92 Å². The minimum absolute atomic E-state index is 0.0131. The van der Waals surface area contributed by atoms with Crippen LogP contribution in [0.2, 0.25) is 0 Å². The predicted octanol–water partition coefficient (Wildman–Crippen LogP) is 4.59. The van der Waals surface area contributed by atoms with Gasteiger partial charge in [-0.1, -0.05) is 62.9 Å². The fourth-order valence-corrected chi connectivity index (χ4v) is 3.10. The molecule has 0 fully saturated rings. The van der Waals surface area contributed by atoms with E-state index in [0.29, 0.717) is 0 Å². The molecule has 138 valence electrons. The van der Waals surface area contributed by atoms with Gasteiger partial charge in [-0.25, -0.2) is 4.79 Å². The van der Waals surface area contributed by atoms with E-state index in [1.165, 1.54) is 4.90 Å². The molecule has 0 saturated heterocycles. The van der Waals surface area contributed by atoms with E-state index in [1.807, 2.05) is 51.1 Å². The van der Waals surface area contributed by atoms with E-state index in [0.717, 1.165) is 22.3 Å². The number of Topliss-reactive ketones (excluding diaryl/α,β-unsaturated/α-hetero) is 1. The Labute approximate surface area is 155 Å². The van der Waals surface area contributed by atoms with Crippen LogP contribution in [0.25, 0.3) is 5.57 Å². The Morgan fingerprint density at radius 1 is 1.31 bits per heavy atom. The summed E-state index contributed by atoms with van der Waals surface area (Å²) in [6, 6.07) is 8.10. The molecule has 0 aliphatic heterocycles. The van der Waals surface area contributed by atoms with Gasteiger partial charge in [-0.05, 0) is 29.2 Å². The molecule has 1 unspecified atom stereocenters. The minimum Gasteiger partial charge on any atom is -0.448 e. The second kappa shape index (κ2) is 8.65. The van der Waals surface area contributed by atoms with Crippen molar-refractivity contribution in [3.8, 4) is 0 Å². The summed E-state index contributed by atoms with van der Waals surface area (Å²) in [7, 11) is 1.59. The molecular formula is C22H27NO3. The molecule has 1 aliphatic carbocycles. The Bertz CT molecular complexity index is 758. The number of rotatable bonds is 7. The molecule has 1 aromatic rings. The standard InChI is InChI=1S/C22H27NO3/c1-6-10-17-16(7-2)18-11-8-9-12-19(18)20(17)14-26-22(25)23(5)13-21(24)15(3)4/h6-12,15,20H,2,13-14H2,1,3-5H3/b10-6-. The zero-order valence-electron chi connectivity index (χ0n) is 16.0. The van der Waals surface area contributed by atoms with Crippen LogP contribution >= 0.6 is 0 Å². The predicted molar refractivity (Wildman–Crippen MR) is 105 cm³/mol. The summed E-state index contributed by atoms with van der Waals surface area (Å²) in [5, 5.41) is 0. The van der Waals surface area contributed by atoms with Crippen molar-refractivity contribution in [3.63, 3.8) is 0 Å².